The molecule has 0 bridgehead atoms. The van der Waals surface area contributed by atoms with E-state index < -0.39 is 5.92 Å². The van der Waals surface area contributed by atoms with E-state index in [0.717, 1.165) is 6.42 Å². The molecule has 0 amide bonds. The molecule has 1 atom stereocenters. The van der Waals surface area contributed by atoms with Crippen molar-refractivity contribution in [3.8, 4) is 0 Å². The first kappa shape index (κ1) is 10.9. The summed E-state index contributed by atoms with van der Waals surface area (Å²) in [6.07, 6.45) is 0.875. The monoisotopic (exact) mass is 191 g/mol. The lowest BCUT2D eigenvalue weighted by Crippen LogP contribution is -2.29. The highest BCUT2D eigenvalue weighted by molar-refractivity contribution is 4.90. The van der Waals surface area contributed by atoms with Gasteiger partial charge in [0.05, 0.1) is 6.54 Å². The van der Waals surface area contributed by atoms with Gasteiger partial charge < -0.3 is 0 Å². The van der Waals surface area contributed by atoms with Gasteiger partial charge in [0.25, 0.3) is 5.92 Å². The van der Waals surface area contributed by atoms with Crippen molar-refractivity contribution in [1.29, 1.82) is 0 Å². The van der Waals surface area contributed by atoms with Crippen LogP contribution < -0.4 is 0 Å². The Balaban J connectivity index is 2.54. The predicted molar refractivity (Wildman–Crippen MR) is 50.1 cm³/mol. The largest absolute Gasteiger partial charge is 0.297 e. The van der Waals surface area contributed by atoms with E-state index in [2.05, 4.69) is 20.8 Å². The molecule has 3 heteroatoms. The van der Waals surface area contributed by atoms with Gasteiger partial charge >= 0.3 is 0 Å². The first-order valence-corrected chi connectivity index (χ1v) is 4.78. The number of alkyl halides is 2. The summed E-state index contributed by atoms with van der Waals surface area (Å²) in [4.78, 5) is 1.78. The van der Waals surface area contributed by atoms with Gasteiger partial charge in [-0.3, -0.25) is 4.90 Å². The van der Waals surface area contributed by atoms with E-state index in [-0.39, 0.29) is 24.4 Å². The van der Waals surface area contributed by atoms with Gasteiger partial charge in [-0.2, -0.15) is 0 Å². The van der Waals surface area contributed by atoms with Crippen LogP contribution in [-0.4, -0.2) is 30.5 Å². The van der Waals surface area contributed by atoms with Gasteiger partial charge in [0.2, 0.25) is 0 Å². The number of hydrogen-bond acceptors (Lipinski definition) is 1. The second-order valence-electron chi connectivity index (χ2n) is 5.39. The maximum atomic E-state index is 13.0. The lowest BCUT2D eigenvalue weighted by Gasteiger charge is -2.26. The molecule has 0 radical (unpaired) electrons. The van der Waals surface area contributed by atoms with Gasteiger partial charge in [-0.25, -0.2) is 8.78 Å². The zero-order valence-electron chi connectivity index (χ0n) is 8.90. The summed E-state index contributed by atoms with van der Waals surface area (Å²) >= 11 is 0. The molecule has 0 N–H and O–H groups in total. The average Bonchev–Trinajstić information content (AvgIpc) is 2.00. The fraction of sp³-hybridized carbons (Fsp3) is 1.00. The molecule has 1 saturated heterocycles. The molecule has 1 aliphatic rings. The Morgan fingerprint density at radius 3 is 2.23 bits per heavy atom. The van der Waals surface area contributed by atoms with Crippen molar-refractivity contribution in [2.45, 2.75) is 45.6 Å². The van der Waals surface area contributed by atoms with E-state index in [1.807, 2.05) is 0 Å². The third-order valence-corrected chi connectivity index (χ3v) is 2.49. The maximum Gasteiger partial charge on any atom is 0.262 e. The zero-order valence-corrected chi connectivity index (χ0v) is 8.90. The standard InChI is InChI=1S/C10H19F2N/c1-9(2,3)5-8-6-10(11,12)7-13(8)4/h8H,5-7H2,1-4H3. The van der Waals surface area contributed by atoms with E-state index in [0.29, 0.717) is 0 Å². The lowest BCUT2D eigenvalue weighted by atomic mass is 9.87. The first-order valence-electron chi connectivity index (χ1n) is 4.78. The molecule has 0 aliphatic carbocycles. The summed E-state index contributed by atoms with van der Waals surface area (Å²) in [5, 5.41) is 0. The van der Waals surface area contributed by atoms with Gasteiger partial charge in [0, 0.05) is 12.5 Å². The fourth-order valence-electron chi connectivity index (χ4n) is 1.99. The maximum absolute atomic E-state index is 13.0. The van der Waals surface area contributed by atoms with Crippen LogP contribution in [0.3, 0.4) is 0 Å². The van der Waals surface area contributed by atoms with Crippen LogP contribution in [0.2, 0.25) is 0 Å². The van der Waals surface area contributed by atoms with Crippen LogP contribution in [0, 0.1) is 5.41 Å². The van der Waals surface area contributed by atoms with Gasteiger partial charge in [-0.1, -0.05) is 20.8 Å². The van der Waals surface area contributed by atoms with Gasteiger partial charge in [-0.05, 0) is 18.9 Å². The number of nitrogens with zero attached hydrogens (tertiary/aromatic N) is 1. The lowest BCUT2D eigenvalue weighted by molar-refractivity contribution is 0.0138. The van der Waals surface area contributed by atoms with Crippen molar-refractivity contribution in [2.24, 2.45) is 5.41 Å². The second kappa shape index (κ2) is 3.19. The molecule has 1 unspecified atom stereocenters. The van der Waals surface area contributed by atoms with E-state index in [9.17, 15) is 8.78 Å². The summed E-state index contributed by atoms with van der Waals surface area (Å²) in [6, 6.07) is 0.0509. The number of hydrogen-bond donors (Lipinski definition) is 0. The zero-order chi connectivity index (χ0) is 10.3. The summed E-state index contributed by atoms with van der Waals surface area (Å²) in [6.45, 7) is 6.21. The topological polar surface area (TPSA) is 3.24 Å². The molecule has 0 aromatic heterocycles. The van der Waals surface area contributed by atoms with Crippen LogP contribution in [0.1, 0.15) is 33.6 Å². The predicted octanol–water partition coefficient (Wildman–Crippen LogP) is 2.76. The summed E-state index contributed by atoms with van der Waals surface area (Å²) < 4.78 is 26.0. The van der Waals surface area contributed by atoms with Crippen LogP contribution in [0.4, 0.5) is 8.78 Å². The Morgan fingerprint density at radius 1 is 1.38 bits per heavy atom. The van der Waals surface area contributed by atoms with E-state index in [1.54, 1.807) is 11.9 Å². The Hall–Kier alpha value is -0.180. The summed E-state index contributed by atoms with van der Waals surface area (Å²) in [5.74, 6) is -2.47. The molecule has 1 fully saturated rings. The minimum atomic E-state index is -2.47. The molecule has 0 saturated carbocycles. The van der Waals surface area contributed by atoms with Crippen LogP contribution in [-0.2, 0) is 0 Å². The number of halogens is 2. The molecule has 1 aliphatic heterocycles. The SMILES string of the molecule is CN1CC(F)(F)CC1CC(C)(C)C. The quantitative estimate of drug-likeness (QED) is 0.616. The van der Waals surface area contributed by atoms with Crippen molar-refractivity contribution in [3.05, 3.63) is 0 Å². The Kier molecular flexibility index (Phi) is 2.68. The number of likely N-dealkylation sites (tertiary alicyclic amines) is 1. The molecule has 0 aromatic rings. The minimum absolute atomic E-state index is 0.0285. The first-order chi connectivity index (χ1) is 5.70. The van der Waals surface area contributed by atoms with Crippen LogP contribution >= 0.6 is 0 Å². The van der Waals surface area contributed by atoms with Gasteiger partial charge in [-0.15, -0.1) is 0 Å². The van der Waals surface area contributed by atoms with Crippen molar-refractivity contribution in [2.75, 3.05) is 13.6 Å². The minimum Gasteiger partial charge on any atom is -0.297 e. The van der Waals surface area contributed by atoms with Crippen molar-refractivity contribution in [1.82, 2.24) is 4.90 Å². The van der Waals surface area contributed by atoms with E-state index in [4.69, 9.17) is 0 Å². The molecule has 13 heavy (non-hydrogen) atoms. The number of rotatable bonds is 1. The van der Waals surface area contributed by atoms with Gasteiger partial charge in [0.1, 0.15) is 0 Å². The Labute approximate surface area is 79.1 Å². The van der Waals surface area contributed by atoms with E-state index in [1.165, 1.54) is 0 Å². The molecule has 1 nitrogen and oxygen atoms in total. The Bertz CT molecular complexity index is 184. The third-order valence-electron chi connectivity index (χ3n) is 2.49. The molecule has 1 heterocycles. The molecule has 0 spiro atoms. The van der Waals surface area contributed by atoms with Crippen LogP contribution in [0.5, 0.6) is 0 Å². The molecule has 78 valence electrons. The highest BCUT2D eigenvalue weighted by Crippen LogP contribution is 2.36. The third kappa shape index (κ3) is 3.22. The molecular formula is C10H19F2N. The van der Waals surface area contributed by atoms with Crippen molar-refractivity contribution < 1.29 is 8.78 Å². The fourth-order valence-corrected chi connectivity index (χ4v) is 1.99. The second-order valence-corrected chi connectivity index (χ2v) is 5.39. The van der Waals surface area contributed by atoms with E-state index >= 15 is 0 Å². The molecule has 1 rings (SSSR count). The Morgan fingerprint density at radius 2 is 1.92 bits per heavy atom. The van der Waals surface area contributed by atoms with Crippen molar-refractivity contribution in [3.63, 3.8) is 0 Å². The van der Waals surface area contributed by atoms with Crippen LogP contribution in [0.15, 0.2) is 0 Å². The van der Waals surface area contributed by atoms with Crippen molar-refractivity contribution >= 4 is 0 Å². The normalized spacial score (nSPS) is 29.5. The summed E-state index contributed by atoms with van der Waals surface area (Å²) in [7, 11) is 1.79. The van der Waals surface area contributed by atoms with Crippen LogP contribution in [0.25, 0.3) is 0 Å². The van der Waals surface area contributed by atoms with Gasteiger partial charge in [0.15, 0.2) is 0 Å². The smallest absolute Gasteiger partial charge is 0.262 e. The highest BCUT2D eigenvalue weighted by atomic mass is 19.3. The molecular weight excluding hydrogens is 172 g/mol. The molecule has 0 aromatic carbocycles. The highest BCUT2D eigenvalue weighted by Gasteiger charge is 2.43. The average molecular weight is 191 g/mol. The summed E-state index contributed by atoms with van der Waals surface area (Å²) in [5.41, 5.74) is 0.138.